The monoisotopic (exact) mass is 386 g/mol. The summed E-state index contributed by atoms with van der Waals surface area (Å²) in [6.07, 6.45) is 0. The minimum absolute atomic E-state index is 0.796. The van der Waals surface area contributed by atoms with Gasteiger partial charge in [0.05, 0.1) is 0 Å². The zero-order chi connectivity index (χ0) is 15.2. The van der Waals surface area contributed by atoms with Crippen molar-refractivity contribution < 1.29 is 0 Å². The van der Waals surface area contributed by atoms with Crippen LogP contribution in [0.3, 0.4) is 0 Å². The Bertz CT molecular complexity index is 562. The first-order valence-corrected chi connectivity index (χ1v) is 9.10. The molecule has 1 aromatic heterocycles. The Balaban J connectivity index is 1.97. The first-order chi connectivity index (χ1) is 10.1. The molecule has 0 saturated carbocycles. The second-order valence-corrected chi connectivity index (χ2v) is 7.44. The van der Waals surface area contributed by atoms with Crippen molar-refractivity contribution in [2.75, 3.05) is 18.4 Å². The summed E-state index contributed by atoms with van der Waals surface area (Å²) in [4.78, 5) is 3.64. The Morgan fingerprint density at radius 1 is 1.24 bits per heavy atom. The number of anilines is 1. The van der Waals surface area contributed by atoms with Crippen molar-refractivity contribution in [1.82, 2.24) is 4.90 Å². The predicted octanol–water partition coefficient (Wildman–Crippen LogP) is 5.62. The molecule has 0 atom stereocenters. The maximum absolute atomic E-state index is 6.06. The molecule has 0 saturated heterocycles. The lowest BCUT2D eigenvalue weighted by Gasteiger charge is -2.18. The number of hydrogen-bond donors (Lipinski definition) is 1. The molecular formula is C16H20BrClN2S. The van der Waals surface area contributed by atoms with E-state index in [9.17, 15) is 0 Å². The molecule has 1 heterocycles. The van der Waals surface area contributed by atoms with E-state index >= 15 is 0 Å². The Labute approximate surface area is 144 Å². The van der Waals surface area contributed by atoms with Crippen molar-refractivity contribution in [2.24, 2.45) is 0 Å². The minimum atomic E-state index is 0.796. The summed E-state index contributed by atoms with van der Waals surface area (Å²) in [5.74, 6) is 0. The maximum Gasteiger partial charge on any atom is 0.107 e. The van der Waals surface area contributed by atoms with Gasteiger partial charge in [-0.15, -0.1) is 11.3 Å². The molecule has 1 N–H and O–H groups in total. The zero-order valence-electron chi connectivity index (χ0n) is 12.3. The van der Waals surface area contributed by atoms with Crippen LogP contribution in [0, 0.1) is 0 Å². The first-order valence-electron chi connectivity index (χ1n) is 7.11. The molecule has 1 aromatic carbocycles. The molecule has 0 aliphatic heterocycles. The van der Waals surface area contributed by atoms with Gasteiger partial charge in [0.15, 0.2) is 0 Å². The van der Waals surface area contributed by atoms with Crippen LogP contribution < -0.4 is 5.32 Å². The highest BCUT2D eigenvalue weighted by Gasteiger charge is 2.05. The normalized spacial score (nSPS) is 11.1. The van der Waals surface area contributed by atoms with E-state index in [1.807, 2.05) is 0 Å². The molecule has 21 heavy (non-hydrogen) atoms. The average Bonchev–Trinajstić information content (AvgIpc) is 2.82. The van der Waals surface area contributed by atoms with Gasteiger partial charge in [-0.1, -0.05) is 37.6 Å². The highest BCUT2D eigenvalue weighted by Crippen LogP contribution is 2.32. The second-order valence-electron chi connectivity index (χ2n) is 4.85. The highest BCUT2D eigenvalue weighted by molar-refractivity contribution is 9.10. The van der Waals surface area contributed by atoms with Crippen LogP contribution in [0.4, 0.5) is 5.69 Å². The van der Waals surface area contributed by atoms with Gasteiger partial charge >= 0.3 is 0 Å². The molecular weight excluding hydrogens is 368 g/mol. The molecule has 0 aliphatic rings. The second kappa shape index (κ2) is 8.18. The third-order valence-corrected chi connectivity index (χ3v) is 5.87. The summed E-state index contributed by atoms with van der Waals surface area (Å²) in [5.41, 5.74) is 2.49. The van der Waals surface area contributed by atoms with E-state index in [0.717, 1.165) is 40.7 Å². The van der Waals surface area contributed by atoms with Gasteiger partial charge in [-0.3, -0.25) is 4.90 Å². The number of benzene rings is 1. The van der Waals surface area contributed by atoms with E-state index in [1.54, 1.807) is 11.3 Å². The Morgan fingerprint density at radius 2 is 2.00 bits per heavy atom. The Kier molecular flexibility index (Phi) is 6.55. The van der Waals surface area contributed by atoms with E-state index < -0.39 is 0 Å². The lowest BCUT2D eigenvalue weighted by Crippen LogP contribution is -2.22. The summed E-state index contributed by atoms with van der Waals surface area (Å²) in [6, 6.07) is 10.7. The van der Waals surface area contributed by atoms with Gasteiger partial charge in [0, 0.05) is 28.1 Å². The maximum atomic E-state index is 6.06. The summed E-state index contributed by atoms with van der Waals surface area (Å²) in [5, 5.41) is 3.46. The van der Waals surface area contributed by atoms with Gasteiger partial charge in [-0.25, -0.2) is 0 Å². The van der Waals surface area contributed by atoms with E-state index in [1.165, 1.54) is 10.4 Å². The van der Waals surface area contributed by atoms with Crippen LogP contribution in [0.15, 0.2) is 34.8 Å². The summed E-state index contributed by atoms with van der Waals surface area (Å²) >= 11 is 11.1. The van der Waals surface area contributed by atoms with Gasteiger partial charge in [0.25, 0.3) is 0 Å². The first kappa shape index (κ1) is 16.8. The van der Waals surface area contributed by atoms with Crippen molar-refractivity contribution >= 4 is 44.6 Å². The zero-order valence-corrected chi connectivity index (χ0v) is 15.5. The van der Waals surface area contributed by atoms with Crippen LogP contribution in [-0.2, 0) is 13.1 Å². The number of thiophene rings is 1. The molecule has 0 aliphatic carbocycles. The lowest BCUT2D eigenvalue weighted by molar-refractivity contribution is 0.296. The molecule has 114 valence electrons. The van der Waals surface area contributed by atoms with E-state index in [-0.39, 0.29) is 0 Å². The fraction of sp³-hybridized carbons (Fsp3) is 0.375. The van der Waals surface area contributed by atoms with Crippen LogP contribution >= 0.6 is 38.9 Å². The fourth-order valence-electron chi connectivity index (χ4n) is 2.15. The molecule has 0 spiro atoms. The summed E-state index contributed by atoms with van der Waals surface area (Å²) < 4.78 is 1.78. The minimum Gasteiger partial charge on any atom is -0.380 e. The van der Waals surface area contributed by atoms with E-state index in [4.69, 9.17) is 11.6 Å². The topological polar surface area (TPSA) is 15.3 Å². The number of nitrogens with zero attached hydrogens (tertiary/aromatic N) is 1. The number of hydrogen-bond acceptors (Lipinski definition) is 3. The molecule has 0 unspecified atom stereocenters. The largest absolute Gasteiger partial charge is 0.380 e. The van der Waals surface area contributed by atoms with Crippen molar-refractivity contribution in [3.05, 3.63) is 49.6 Å². The molecule has 0 radical (unpaired) electrons. The predicted molar refractivity (Wildman–Crippen MR) is 97.4 cm³/mol. The highest BCUT2D eigenvalue weighted by atomic mass is 79.9. The number of halogens is 2. The molecule has 0 bridgehead atoms. The fourth-order valence-corrected chi connectivity index (χ4v) is 3.88. The van der Waals surface area contributed by atoms with Crippen LogP contribution in [0.1, 0.15) is 24.3 Å². The molecule has 5 heteroatoms. The summed E-state index contributed by atoms with van der Waals surface area (Å²) in [7, 11) is 0. The number of rotatable bonds is 7. The van der Waals surface area contributed by atoms with Gasteiger partial charge < -0.3 is 5.32 Å². The third-order valence-electron chi connectivity index (χ3n) is 3.39. The Morgan fingerprint density at radius 3 is 2.62 bits per heavy atom. The summed E-state index contributed by atoms with van der Waals surface area (Å²) in [6.45, 7) is 8.35. The molecule has 2 rings (SSSR count). The quantitative estimate of drug-likeness (QED) is 0.663. The van der Waals surface area contributed by atoms with Gasteiger partial charge in [-0.2, -0.15) is 0 Å². The van der Waals surface area contributed by atoms with Crippen molar-refractivity contribution in [2.45, 2.75) is 26.9 Å². The van der Waals surface area contributed by atoms with Crippen LogP contribution in [-0.4, -0.2) is 18.0 Å². The van der Waals surface area contributed by atoms with Crippen molar-refractivity contribution in [3.63, 3.8) is 0 Å². The van der Waals surface area contributed by atoms with E-state index in [2.05, 4.69) is 70.3 Å². The van der Waals surface area contributed by atoms with Gasteiger partial charge in [-0.05, 0) is 52.8 Å². The van der Waals surface area contributed by atoms with Gasteiger partial charge in [0.1, 0.15) is 4.34 Å². The average molecular weight is 388 g/mol. The SMILES string of the molecule is CCN(CC)Cc1cccc(NCc2cc(Br)c(Cl)s2)c1. The molecule has 2 aromatic rings. The lowest BCUT2D eigenvalue weighted by atomic mass is 10.2. The van der Waals surface area contributed by atoms with Crippen LogP contribution in [0.2, 0.25) is 4.34 Å². The van der Waals surface area contributed by atoms with Gasteiger partial charge in [0.2, 0.25) is 0 Å². The third kappa shape index (κ3) is 4.99. The van der Waals surface area contributed by atoms with E-state index in [0.29, 0.717) is 0 Å². The smallest absolute Gasteiger partial charge is 0.107 e. The molecule has 0 fully saturated rings. The van der Waals surface area contributed by atoms with Crippen molar-refractivity contribution in [3.8, 4) is 0 Å². The van der Waals surface area contributed by atoms with Crippen molar-refractivity contribution in [1.29, 1.82) is 0 Å². The molecule has 0 amide bonds. The Hall–Kier alpha value is -0.550. The number of nitrogens with one attached hydrogen (secondary N) is 1. The van der Waals surface area contributed by atoms with Crippen LogP contribution in [0.5, 0.6) is 0 Å². The molecule has 2 nitrogen and oxygen atoms in total. The standard InChI is InChI=1S/C16H20BrClN2S/c1-3-20(4-2)11-12-6-5-7-13(8-12)19-10-14-9-15(17)16(18)21-14/h5-9,19H,3-4,10-11H2,1-2H3. The van der Waals surface area contributed by atoms with Crippen LogP contribution in [0.25, 0.3) is 0 Å².